The molecule has 0 saturated carbocycles. The van der Waals surface area contributed by atoms with Gasteiger partial charge in [-0.1, -0.05) is 12.1 Å². The number of hydrogen-bond acceptors (Lipinski definition) is 4. The lowest BCUT2D eigenvalue weighted by Gasteiger charge is -2.19. The van der Waals surface area contributed by atoms with E-state index in [1.54, 1.807) is 13.1 Å². The van der Waals surface area contributed by atoms with Crippen LogP contribution in [0, 0.1) is 0 Å². The van der Waals surface area contributed by atoms with Crippen molar-refractivity contribution in [1.29, 1.82) is 0 Å². The second kappa shape index (κ2) is 12.6. The van der Waals surface area contributed by atoms with Crippen LogP contribution < -0.4 is 21.3 Å². The number of benzene rings is 1. The van der Waals surface area contributed by atoms with Gasteiger partial charge in [-0.2, -0.15) is 0 Å². The summed E-state index contributed by atoms with van der Waals surface area (Å²) < 4.78 is 5.19. The first-order valence-corrected chi connectivity index (χ1v) is 10.0. The third-order valence-corrected chi connectivity index (χ3v) is 3.74. The molecule has 1 rings (SSSR count). The van der Waals surface area contributed by atoms with E-state index in [1.165, 1.54) is 0 Å². The minimum absolute atomic E-state index is 0.0882. The van der Waals surface area contributed by atoms with Crippen LogP contribution in [0.4, 0.5) is 4.79 Å². The highest BCUT2D eigenvalue weighted by molar-refractivity contribution is 5.94. The molecule has 0 aliphatic heterocycles. The van der Waals surface area contributed by atoms with Crippen molar-refractivity contribution in [2.75, 3.05) is 33.2 Å². The number of carbonyl (C=O) groups is 2. The first-order valence-electron chi connectivity index (χ1n) is 10.0. The topological polar surface area (TPSA) is 104 Å². The van der Waals surface area contributed by atoms with Crippen molar-refractivity contribution in [2.24, 2.45) is 4.99 Å². The van der Waals surface area contributed by atoms with Crippen LogP contribution in [0.5, 0.6) is 0 Å². The predicted octanol–water partition coefficient (Wildman–Crippen LogP) is 2.06. The normalized spacial score (nSPS) is 11.6. The Morgan fingerprint density at radius 2 is 1.86 bits per heavy atom. The molecule has 0 unspecified atom stereocenters. The van der Waals surface area contributed by atoms with Gasteiger partial charge in [0, 0.05) is 38.8 Å². The number of ether oxygens (including phenoxy) is 1. The van der Waals surface area contributed by atoms with Crippen molar-refractivity contribution < 1.29 is 14.3 Å². The maximum Gasteiger partial charge on any atom is 0.407 e. The molecular formula is C21H35N5O3. The number of carbonyl (C=O) groups excluding carboxylic acids is 2. The SMILES string of the molecule is CCNC(=NCCCNC(=O)OC(C)(C)C)NCCc1cccc(C(=O)NC)c1. The van der Waals surface area contributed by atoms with E-state index in [2.05, 4.69) is 26.3 Å². The van der Waals surface area contributed by atoms with Gasteiger partial charge in [-0.3, -0.25) is 9.79 Å². The molecule has 162 valence electrons. The maximum absolute atomic E-state index is 11.7. The van der Waals surface area contributed by atoms with Crippen LogP contribution >= 0.6 is 0 Å². The summed E-state index contributed by atoms with van der Waals surface area (Å²) in [7, 11) is 1.62. The summed E-state index contributed by atoms with van der Waals surface area (Å²) >= 11 is 0. The van der Waals surface area contributed by atoms with E-state index in [0.717, 1.165) is 24.5 Å². The lowest BCUT2D eigenvalue weighted by atomic mass is 10.1. The van der Waals surface area contributed by atoms with Crippen molar-refractivity contribution in [3.05, 3.63) is 35.4 Å². The summed E-state index contributed by atoms with van der Waals surface area (Å²) in [5.74, 6) is 0.641. The van der Waals surface area contributed by atoms with Gasteiger partial charge in [0.1, 0.15) is 5.60 Å². The summed E-state index contributed by atoms with van der Waals surface area (Å²) in [4.78, 5) is 27.8. The van der Waals surface area contributed by atoms with E-state index in [-0.39, 0.29) is 5.91 Å². The largest absolute Gasteiger partial charge is 0.444 e. The summed E-state index contributed by atoms with van der Waals surface area (Å²) in [6.45, 7) is 10.0. The lowest BCUT2D eigenvalue weighted by Crippen LogP contribution is -2.38. The average molecular weight is 406 g/mol. The molecule has 1 aromatic carbocycles. The zero-order valence-corrected chi connectivity index (χ0v) is 18.2. The van der Waals surface area contributed by atoms with E-state index >= 15 is 0 Å². The monoisotopic (exact) mass is 405 g/mol. The quantitative estimate of drug-likeness (QED) is 0.286. The Morgan fingerprint density at radius 1 is 1.10 bits per heavy atom. The van der Waals surface area contributed by atoms with Crippen molar-refractivity contribution in [3.63, 3.8) is 0 Å². The minimum atomic E-state index is -0.496. The highest BCUT2D eigenvalue weighted by Gasteiger charge is 2.15. The van der Waals surface area contributed by atoms with Crippen LogP contribution in [0.2, 0.25) is 0 Å². The summed E-state index contributed by atoms with van der Waals surface area (Å²) in [5, 5.41) is 11.8. The van der Waals surface area contributed by atoms with E-state index < -0.39 is 11.7 Å². The molecule has 1 aromatic rings. The summed E-state index contributed by atoms with van der Waals surface area (Å²) in [5.41, 5.74) is 1.24. The maximum atomic E-state index is 11.7. The number of nitrogens with zero attached hydrogens (tertiary/aromatic N) is 1. The molecule has 0 aliphatic carbocycles. The van der Waals surface area contributed by atoms with Crippen LogP contribution in [-0.2, 0) is 11.2 Å². The molecule has 0 radical (unpaired) electrons. The zero-order chi connectivity index (χ0) is 21.7. The van der Waals surface area contributed by atoms with E-state index in [1.807, 2.05) is 45.9 Å². The Hall–Kier alpha value is -2.77. The second-order valence-electron chi connectivity index (χ2n) is 7.50. The zero-order valence-electron chi connectivity index (χ0n) is 18.2. The average Bonchev–Trinajstić information content (AvgIpc) is 2.65. The molecule has 0 atom stereocenters. The van der Waals surface area contributed by atoms with Crippen LogP contribution in [0.25, 0.3) is 0 Å². The Morgan fingerprint density at radius 3 is 2.52 bits per heavy atom. The fourth-order valence-electron chi connectivity index (χ4n) is 2.45. The predicted molar refractivity (Wildman–Crippen MR) is 116 cm³/mol. The van der Waals surface area contributed by atoms with Gasteiger partial charge >= 0.3 is 6.09 Å². The molecule has 0 saturated heterocycles. The molecular weight excluding hydrogens is 370 g/mol. The standard InChI is InChI=1S/C21H35N5O3/c1-6-23-19(24-12-8-13-26-20(28)29-21(2,3)4)25-14-11-16-9-7-10-17(15-16)18(27)22-5/h7,9-10,15H,6,8,11-14H2,1-5H3,(H,22,27)(H,26,28)(H2,23,24,25). The second-order valence-corrected chi connectivity index (χ2v) is 7.50. The third-order valence-electron chi connectivity index (χ3n) is 3.74. The van der Waals surface area contributed by atoms with Gasteiger partial charge < -0.3 is 26.0 Å². The third kappa shape index (κ3) is 11.0. The Labute approximate surface area is 173 Å². The lowest BCUT2D eigenvalue weighted by molar-refractivity contribution is 0.0527. The van der Waals surface area contributed by atoms with Gasteiger partial charge in [-0.25, -0.2) is 4.79 Å². The number of hydrogen-bond donors (Lipinski definition) is 4. The molecule has 0 bridgehead atoms. The van der Waals surface area contributed by atoms with Gasteiger partial charge in [0.15, 0.2) is 5.96 Å². The highest BCUT2D eigenvalue weighted by atomic mass is 16.6. The Kier molecular flexibility index (Phi) is 10.6. The van der Waals surface area contributed by atoms with Gasteiger partial charge in [0.25, 0.3) is 5.91 Å². The number of nitrogens with one attached hydrogen (secondary N) is 4. The van der Waals surface area contributed by atoms with Gasteiger partial charge in [-0.05, 0) is 58.2 Å². The van der Waals surface area contributed by atoms with Gasteiger partial charge in [0.05, 0.1) is 0 Å². The van der Waals surface area contributed by atoms with Crippen LogP contribution in [0.15, 0.2) is 29.3 Å². The molecule has 8 nitrogen and oxygen atoms in total. The van der Waals surface area contributed by atoms with Crippen LogP contribution in [0.1, 0.15) is 50.0 Å². The smallest absolute Gasteiger partial charge is 0.407 e. The number of amides is 2. The van der Waals surface area contributed by atoms with E-state index in [0.29, 0.717) is 31.6 Å². The van der Waals surface area contributed by atoms with Gasteiger partial charge in [0.2, 0.25) is 0 Å². The fourth-order valence-corrected chi connectivity index (χ4v) is 2.45. The summed E-state index contributed by atoms with van der Waals surface area (Å²) in [6.07, 6.45) is 1.07. The molecule has 0 aromatic heterocycles. The van der Waals surface area contributed by atoms with Crippen molar-refractivity contribution in [3.8, 4) is 0 Å². The highest BCUT2D eigenvalue weighted by Crippen LogP contribution is 2.06. The van der Waals surface area contributed by atoms with Crippen molar-refractivity contribution in [2.45, 2.75) is 46.1 Å². The first kappa shape index (κ1) is 24.3. The number of rotatable bonds is 9. The molecule has 4 N–H and O–H groups in total. The minimum Gasteiger partial charge on any atom is -0.444 e. The molecule has 2 amide bonds. The molecule has 8 heteroatoms. The number of guanidine groups is 1. The molecule has 0 fully saturated rings. The molecule has 29 heavy (non-hydrogen) atoms. The van der Waals surface area contributed by atoms with E-state index in [9.17, 15) is 9.59 Å². The molecule has 0 spiro atoms. The Balaban J connectivity index is 2.39. The first-order chi connectivity index (χ1) is 13.7. The van der Waals surface area contributed by atoms with Crippen molar-refractivity contribution in [1.82, 2.24) is 21.3 Å². The van der Waals surface area contributed by atoms with Crippen LogP contribution in [0.3, 0.4) is 0 Å². The fraction of sp³-hybridized carbons (Fsp3) is 0.571. The number of aliphatic imine (C=N–C) groups is 1. The van der Waals surface area contributed by atoms with E-state index in [4.69, 9.17) is 4.74 Å². The van der Waals surface area contributed by atoms with Gasteiger partial charge in [-0.15, -0.1) is 0 Å². The molecule has 0 heterocycles. The number of alkyl carbamates (subject to hydrolysis) is 1. The van der Waals surface area contributed by atoms with Crippen molar-refractivity contribution >= 4 is 18.0 Å². The summed E-state index contributed by atoms with van der Waals surface area (Å²) in [6, 6.07) is 7.58. The Bertz CT molecular complexity index is 683. The molecule has 0 aliphatic rings. The van der Waals surface area contributed by atoms with Crippen LogP contribution in [-0.4, -0.2) is 56.8 Å².